The quantitative estimate of drug-likeness (QED) is 0.827. The number of carboxylic acid groups (broad SMARTS) is 1. The maximum absolute atomic E-state index is 13.7. The standard InChI is InChI=1S/C13H18FNO4/c1-7-6-8(14)12(18-2)13(19-3)11(7)9(15)4-5-10(16)17/h6,9H,4-5,15H2,1-3H3,(H,16,17). The van der Waals surface area contributed by atoms with Crippen molar-refractivity contribution in [3.8, 4) is 11.5 Å². The van der Waals surface area contributed by atoms with Crippen LogP contribution in [0.1, 0.15) is 30.0 Å². The molecule has 0 aromatic heterocycles. The first-order valence-electron chi connectivity index (χ1n) is 5.80. The molecule has 1 rings (SSSR count). The molecule has 0 saturated heterocycles. The smallest absolute Gasteiger partial charge is 0.303 e. The van der Waals surface area contributed by atoms with E-state index in [1.165, 1.54) is 20.3 Å². The van der Waals surface area contributed by atoms with Crippen molar-refractivity contribution in [2.24, 2.45) is 5.73 Å². The molecule has 0 bridgehead atoms. The van der Waals surface area contributed by atoms with Crippen molar-refractivity contribution < 1.29 is 23.8 Å². The Morgan fingerprint density at radius 1 is 1.42 bits per heavy atom. The SMILES string of the molecule is COc1c(F)cc(C)c(C(N)CCC(=O)O)c1OC. The van der Waals surface area contributed by atoms with E-state index in [0.29, 0.717) is 11.1 Å². The molecular formula is C13H18FNO4. The van der Waals surface area contributed by atoms with E-state index in [1.54, 1.807) is 6.92 Å². The minimum absolute atomic E-state index is 0.0196. The Morgan fingerprint density at radius 3 is 2.47 bits per heavy atom. The van der Waals surface area contributed by atoms with Crippen LogP contribution in [0.2, 0.25) is 0 Å². The summed E-state index contributed by atoms with van der Waals surface area (Å²) in [4.78, 5) is 10.6. The molecule has 106 valence electrons. The lowest BCUT2D eigenvalue weighted by atomic mass is 9.96. The lowest BCUT2D eigenvalue weighted by Gasteiger charge is -2.20. The molecule has 0 fully saturated rings. The Balaban J connectivity index is 3.21. The molecule has 1 unspecified atom stereocenters. The lowest BCUT2D eigenvalue weighted by molar-refractivity contribution is -0.137. The predicted octanol–water partition coefficient (Wildman–Crippen LogP) is 2.02. The summed E-state index contributed by atoms with van der Waals surface area (Å²) in [7, 11) is 2.73. The number of methoxy groups -OCH3 is 2. The summed E-state index contributed by atoms with van der Waals surface area (Å²) in [5, 5.41) is 8.68. The number of carboxylic acids is 1. The molecule has 0 aliphatic heterocycles. The van der Waals surface area contributed by atoms with Crippen molar-refractivity contribution >= 4 is 5.97 Å². The van der Waals surface area contributed by atoms with Gasteiger partial charge in [-0.05, 0) is 25.0 Å². The molecule has 3 N–H and O–H groups in total. The van der Waals surface area contributed by atoms with Crippen LogP contribution in [0.3, 0.4) is 0 Å². The van der Waals surface area contributed by atoms with Crippen LogP contribution in [0.15, 0.2) is 6.07 Å². The van der Waals surface area contributed by atoms with Gasteiger partial charge in [0.05, 0.1) is 14.2 Å². The molecule has 0 radical (unpaired) electrons. The zero-order valence-corrected chi connectivity index (χ0v) is 11.2. The Kier molecular flexibility index (Phi) is 5.11. The molecule has 1 aromatic carbocycles. The summed E-state index contributed by atoms with van der Waals surface area (Å²) < 4.78 is 23.8. The van der Waals surface area contributed by atoms with Gasteiger partial charge in [0.1, 0.15) is 0 Å². The van der Waals surface area contributed by atoms with Crippen LogP contribution in [0, 0.1) is 12.7 Å². The monoisotopic (exact) mass is 271 g/mol. The van der Waals surface area contributed by atoms with Gasteiger partial charge in [0.2, 0.25) is 0 Å². The first kappa shape index (κ1) is 15.2. The van der Waals surface area contributed by atoms with Crippen molar-refractivity contribution in [2.75, 3.05) is 14.2 Å². The van der Waals surface area contributed by atoms with Crippen molar-refractivity contribution in [2.45, 2.75) is 25.8 Å². The van der Waals surface area contributed by atoms with E-state index in [-0.39, 0.29) is 24.3 Å². The first-order chi connectivity index (χ1) is 8.92. The number of hydrogen-bond acceptors (Lipinski definition) is 4. The fraction of sp³-hybridized carbons (Fsp3) is 0.462. The Bertz CT molecular complexity index is 476. The van der Waals surface area contributed by atoms with Gasteiger partial charge in [-0.15, -0.1) is 0 Å². The van der Waals surface area contributed by atoms with Gasteiger partial charge in [0.25, 0.3) is 0 Å². The van der Waals surface area contributed by atoms with Gasteiger partial charge in [0.15, 0.2) is 17.3 Å². The number of benzene rings is 1. The van der Waals surface area contributed by atoms with E-state index in [9.17, 15) is 9.18 Å². The van der Waals surface area contributed by atoms with E-state index in [4.69, 9.17) is 20.3 Å². The van der Waals surface area contributed by atoms with Crippen LogP contribution in [0.25, 0.3) is 0 Å². The number of aliphatic carboxylic acids is 1. The number of carbonyl (C=O) groups is 1. The molecule has 0 heterocycles. The summed E-state index contributed by atoms with van der Waals surface area (Å²) in [5.74, 6) is -1.26. The number of halogens is 1. The minimum Gasteiger partial charge on any atom is -0.492 e. The zero-order chi connectivity index (χ0) is 14.6. The molecule has 6 heteroatoms. The summed E-state index contributed by atoms with van der Waals surface area (Å²) in [5.41, 5.74) is 7.15. The average Bonchev–Trinajstić information content (AvgIpc) is 2.34. The average molecular weight is 271 g/mol. The highest BCUT2D eigenvalue weighted by atomic mass is 19.1. The van der Waals surface area contributed by atoms with Crippen LogP contribution >= 0.6 is 0 Å². The maximum atomic E-state index is 13.7. The Hall–Kier alpha value is -1.82. The van der Waals surface area contributed by atoms with Crippen LogP contribution in [0.5, 0.6) is 11.5 Å². The molecule has 1 aromatic rings. The second-order valence-corrected chi connectivity index (χ2v) is 4.19. The summed E-state index contributed by atoms with van der Waals surface area (Å²) in [6.07, 6.45) is 0.171. The highest BCUT2D eigenvalue weighted by Gasteiger charge is 2.22. The highest BCUT2D eigenvalue weighted by Crippen LogP contribution is 2.39. The van der Waals surface area contributed by atoms with Crippen molar-refractivity contribution in [3.05, 3.63) is 23.0 Å². The summed E-state index contributed by atoms with van der Waals surface area (Å²) in [6, 6.07) is 0.748. The Morgan fingerprint density at radius 2 is 2.00 bits per heavy atom. The van der Waals surface area contributed by atoms with Gasteiger partial charge in [0, 0.05) is 18.0 Å². The van der Waals surface area contributed by atoms with Gasteiger partial charge in [-0.3, -0.25) is 4.79 Å². The van der Waals surface area contributed by atoms with E-state index in [0.717, 1.165) is 0 Å². The van der Waals surface area contributed by atoms with Crippen LogP contribution in [0.4, 0.5) is 4.39 Å². The fourth-order valence-corrected chi connectivity index (χ4v) is 2.02. The summed E-state index contributed by atoms with van der Waals surface area (Å²) in [6.45, 7) is 1.70. The van der Waals surface area contributed by atoms with E-state index >= 15 is 0 Å². The van der Waals surface area contributed by atoms with Crippen LogP contribution in [-0.2, 0) is 4.79 Å². The maximum Gasteiger partial charge on any atom is 0.303 e. The molecule has 0 aliphatic carbocycles. The molecule has 0 aliphatic rings. The second kappa shape index (κ2) is 6.38. The first-order valence-corrected chi connectivity index (χ1v) is 5.80. The molecule has 0 spiro atoms. The van der Waals surface area contributed by atoms with Crippen molar-refractivity contribution in [3.63, 3.8) is 0 Å². The lowest BCUT2D eigenvalue weighted by Crippen LogP contribution is -2.15. The number of rotatable bonds is 6. The number of aryl methyl sites for hydroxylation is 1. The van der Waals surface area contributed by atoms with E-state index < -0.39 is 17.8 Å². The third-order valence-electron chi connectivity index (χ3n) is 2.88. The number of hydrogen-bond donors (Lipinski definition) is 2. The van der Waals surface area contributed by atoms with Gasteiger partial charge in [-0.25, -0.2) is 4.39 Å². The van der Waals surface area contributed by atoms with E-state index in [2.05, 4.69) is 0 Å². The van der Waals surface area contributed by atoms with Gasteiger partial charge >= 0.3 is 5.97 Å². The Labute approximate surface area is 111 Å². The van der Waals surface area contributed by atoms with Crippen LogP contribution in [-0.4, -0.2) is 25.3 Å². The third-order valence-corrected chi connectivity index (χ3v) is 2.88. The van der Waals surface area contributed by atoms with Gasteiger partial charge in [-0.2, -0.15) is 0 Å². The number of nitrogens with two attached hydrogens (primary N) is 1. The molecular weight excluding hydrogens is 253 g/mol. The topological polar surface area (TPSA) is 81.8 Å². The predicted molar refractivity (Wildman–Crippen MR) is 68.0 cm³/mol. The largest absolute Gasteiger partial charge is 0.492 e. The fourth-order valence-electron chi connectivity index (χ4n) is 2.02. The van der Waals surface area contributed by atoms with E-state index in [1.807, 2.05) is 0 Å². The minimum atomic E-state index is -0.929. The van der Waals surface area contributed by atoms with Gasteiger partial charge in [-0.1, -0.05) is 0 Å². The van der Waals surface area contributed by atoms with Gasteiger partial charge < -0.3 is 20.3 Å². The zero-order valence-electron chi connectivity index (χ0n) is 11.2. The number of ether oxygens (including phenoxy) is 2. The summed E-state index contributed by atoms with van der Waals surface area (Å²) >= 11 is 0. The van der Waals surface area contributed by atoms with Crippen molar-refractivity contribution in [1.29, 1.82) is 0 Å². The van der Waals surface area contributed by atoms with Crippen LogP contribution < -0.4 is 15.2 Å². The molecule has 0 saturated carbocycles. The molecule has 5 nitrogen and oxygen atoms in total. The molecule has 1 atom stereocenters. The molecule has 19 heavy (non-hydrogen) atoms. The molecule has 0 amide bonds. The normalized spacial score (nSPS) is 12.1. The van der Waals surface area contributed by atoms with Crippen molar-refractivity contribution in [1.82, 2.24) is 0 Å². The second-order valence-electron chi connectivity index (χ2n) is 4.19. The third kappa shape index (κ3) is 3.35. The highest BCUT2D eigenvalue weighted by molar-refractivity contribution is 5.66.